The molecule has 10 rings (SSSR count). The first kappa shape index (κ1) is 32.0. The van der Waals surface area contributed by atoms with Crippen LogP contribution in [0.3, 0.4) is 0 Å². The maximum absolute atomic E-state index is 2.41. The molecule has 9 aromatic carbocycles. The summed E-state index contributed by atoms with van der Waals surface area (Å²) in [5.41, 5.74) is 13.1. The number of rotatable bonds is 7. The van der Waals surface area contributed by atoms with Crippen molar-refractivity contribution in [3.05, 3.63) is 212 Å². The van der Waals surface area contributed by atoms with Gasteiger partial charge in [0, 0.05) is 26.8 Å². The van der Waals surface area contributed by atoms with E-state index in [1.165, 1.54) is 81.1 Å². The molecule has 0 saturated heterocycles. The molecule has 1 nitrogen and oxygen atoms in total. The molecule has 0 aliphatic rings. The molecule has 0 N–H and O–H groups in total. The van der Waals surface area contributed by atoms with E-state index in [4.69, 9.17) is 0 Å². The molecule has 0 radical (unpaired) electrons. The molecular weight excluding hydrogens is 671 g/mol. The van der Waals surface area contributed by atoms with E-state index in [9.17, 15) is 0 Å². The topological polar surface area (TPSA) is 3.24 Å². The highest BCUT2D eigenvalue weighted by Crippen LogP contribution is 2.45. The van der Waals surface area contributed by atoms with Gasteiger partial charge in [-0.05, 0) is 110 Å². The zero-order valence-electron chi connectivity index (χ0n) is 29.6. The summed E-state index contributed by atoms with van der Waals surface area (Å²) in [6.07, 6.45) is 0. The van der Waals surface area contributed by atoms with Crippen molar-refractivity contribution in [2.24, 2.45) is 0 Å². The molecule has 1 aromatic heterocycles. The van der Waals surface area contributed by atoms with Crippen LogP contribution in [-0.2, 0) is 0 Å². The van der Waals surface area contributed by atoms with Crippen LogP contribution in [0.5, 0.6) is 0 Å². The summed E-state index contributed by atoms with van der Waals surface area (Å²) in [7, 11) is 0. The lowest BCUT2D eigenvalue weighted by molar-refractivity contribution is 1.30. The first-order chi connectivity index (χ1) is 26.8. The van der Waals surface area contributed by atoms with Gasteiger partial charge in [0.15, 0.2) is 0 Å². The Morgan fingerprint density at radius 2 is 0.833 bits per heavy atom. The number of hydrogen-bond donors (Lipinski definition) is 0. The predicted octanol–water partition coefficient (Wildman–Crippen LogP) is 15.3. The fourth-order valence-electron chi connectivity index (χ4n) is 7.79. The SMILES string of the molecule is c1ccc(-c2ccc(N(c3ccc(-c4cc(-c5cccc(-c6ccccc6)c5)c5ccccc5c4)cc3)c3cccc4c3sc3ccccc34)cc2)cc1. The number of fused-ring (bicyclic) bond motifs is 4. The van der Waals surface area contributed by atoms with Crippen LogP contribution in [0.15, 0.2) is 212 Å². The van der Waals surface area contributed by atoms with Crippen LogP contribution < -0.4 is 4.90 Å². The van der Waals surface area contributed by atoms with Gasteiger partial charge in [0.2, 0.25) is 0 Å². The Hall–Kier alpha value is -6.74. The van der Waals surface area contributed by atoms with Gasteiger partial charge in [0.1, 0.15) is 0 Å². The summed E-state index contributed by atoms with van der Waals surface area (Å²) < 4.78 is 2.59. The molecule has 2 heteroatoms. The molecule has 0 saturated carbocycles. The zero-order valence-corrected chi connectivity index (χ0v) is 30.4. The number of hydrogen-bond acceptors (Lipinski definition) is 2. The van der Waals surface area contributed by atoms with E-state index in [1.54, 1.807) is 0 Å². The molecule has 0 unspecified atom stereocenters. The third kappa shape index (κ3) is 5.84. The van der Waals surface area contributed by atoms with Gasteiger partial charge in [0.05, 0.1) is 10.4 Å². The first-order valence-corrected chi connectivity index (χ1v) is 19.2. The normalized spacial score (nSPS) is 11.3. The average Bonchev–Trinajstić information content (AvgIpc) is 3.64. The lowest BCUT2D eigenvalue weighted by Gasteiger charge is -2.26. The second-order valence-electron chi connectivity index (χ2n) is 13.7. The van der Waals surface area contributed by atoms with Gasteiger partial charge < -0.3 is 4.90 Å². The minimum Gasteiger partial charge on any atom is -0.309 e. The van der Waals surface area contributed by atoms with Crippen LogP contribution in [0.2, 0.25) is 0 Å². The Labute approximate surface area is 319 Å². The maximum atomic E-state index is 2.41. The highest BCUT2D eigenvalue weighted by Gasteiger charge is 2.19. The molecular formula is C52H35NS. The molecule has 0 atom stereocenters. The zero-order chi connectivity index (χ0) is 35.8. The van der Waals surface area contributed by atoms with Gasteiger partial charge in [-0.3, -0.25) is 0 Å². The minimum absolute atomic E-state index is 1.12. The van der Waals surface area contributed by atoms with E-state index in [0.29, 0.717) is 0 Å². The van der Waals surface area contributed by atoms with E-state index < -0.39 is 0 Å². The largest absolute Gasteiger partial charge is 0.309 e. The summed E-state index contributed by atoms with van der Waals surface area (Å²) in [5, 5.41) is 5.08. The molecule has 254 valence electrons. The first-order valence-electron chi connectivity index (χ1n) is 18.4. The fraction of sp³-hybridized carbons (Fsp3) is 0. The second kappa shape index (κ2) is 13.7. The summed E-state index contributed by atoms with van der Waals surface area (Å²) in [4.78, 5) is 2.41. The van der Waals surface area contributed by atoms with Crippen molar-refractivity contribution in [3.8, 4) is 44.5 Å². The second-order valence-corrected chi connectivity index (χ2v) is 14.8. The van der Waals surface area contributed by atoms with Crippen LogP contribution in [-0.4, -0.2) is 0 Å². The summed E-state index contributed by atoms with van der Waals surface area (Å²) in [5.74, 6) is 0. The molecule has 0 bridgehead atoms. The Kier molecular flexibility index (Phi) is 8.09. The third-order valence-corrected chi connectivity index (χ3v) is 11.7. The molecule has 1 heterocycles. The van der Waals surface area contributed by atoms with Gasteiger partial charge in [0.25, 0.3) is 0 Å². The van der Waals surface area contributed by atoms with Gasteiger partial charge >= 0.3 is 0 Å². The van der Waals surface area contributed by atoms with Crippen LogP contribution in [0, 0.1) is 0 Å². The molecule has 0 aliphatic heterocycles. The number of anilines is 3. The highest BCUT2D eigenvalue weighted by atomic mass is 32.1. The van der Waals surface area contributed by atoms with Gasteiger partial charge in [-0.2, -0.15) is 0 Å². The summed E-state index contributed by atoms with van der Waals surface area (Å²) in [6.45, 7) is 0. The van der Waals surface area contributed by atoms with Crippen LogP contribution in [0.25, 0.3) is 75.5 Å². The van der Waals surface area contributed by atoms with Crippen molar-refractivity contribution in [2.75, 3.05) is 4.90 Å². The lowest BCUT2D eigenvalue weighted by Crippen LogP contribution is -2.10. The number of benzene rings is 9. The minimum atomic E-state index is 1.12. The molecule has 54 heavy (non-hydrogen) atoms. The maximum Gasteiger partial charge on any atom is 0.0640 e. The standard InChI is InChI=1S/C52H35NS/c1-3-13-36(14-4-1)38-25-29-44(30-26-38)53(50-23-12-22-48-47-21-9-10-24-51(47)54-52(48)50)45-31-27-39(28-32-45)43-34-41-17-7-8-20-46(41)49(35-43)42-19-11-18-40(33-42)37-15-5-2-6-16-37/h1-35H. The smallest absolute Gasteiger partial charge is 0.0640 e. The van der Waals surface area contributed by atoms with Gasteiger partial charge in [-0.15, -0.1) is 11.3 Å². The van der Waals surface area contributed by atoms with Crippen molar-refractivity contribution >= 4 is 59.3 Å². The van der Waals surface area contributed by atoms with Gasteiger partial charge in [-0.25, -0.2) is 0 Å². The van der Waals surface area contributed by atoms with Crippen molar-refractivity contribution in [1.82, 2.24) is 0 Å². The van der Waals surface area contributed by atoms with E-state index in [1.807, 2.05) is 11.3 Å². The van der Waals surface area contributed by atoms with Crippen molar-refractivity contribution in [2.45, 2.75) is 0 Å². The van der Waals surface area contributed by atoms with E-state index in [-0.39, 0.29) is 0 Å². The number of nitrogens with zero attached hydrogens (tertiary/aromatic N) is 1. The molecule has 0 spiro atoms. The van der Waals surface area contributed by atoms with Crippen LogP contribution in [0.4, 0.5) is 17.1 Å². The average molecular weight is 706 g/mol. The number of thiophene rings is 1. The molecule has 0 fully saturated rings. The summed E-state index contributed by atoms with van der Waals surface area (Å²) in [6, 6.07) is 77.1. The quantitative estimate of drug-likeness (QED) is 0.160. The van der Waals surface area contributed by atoms with Crippen molar-refractivity contribution in [3.63, 3.8) is 0 Å². The van der Waals surface area contributed by atoms with Crippen LogP contribution in [0.1, 0.15) is 0 Å². The summed E-state index contributed by atoms with van der Waals surface area (Å²) >= 11 is 1.86. The van der Waals surface area contributed by atoms with E-state index in [2.05, 4.69) is 217 Å². The Balaban J connectivity index is 1.09. The Morgan fingerprint density at radius 1 is 0.315 bits per heavy atom. The van der Waals surface area contributed by atoms with E-state index >= 15 is 0 Å². The monoisotopic (exact) mass is 705 g/mol. The van der Waals surface area contributed by atoms with Crippen LogP contribution >= 0.6 is 11.3 Å². The van der Waals surface area contributed by atoms with Crippen molar-refractivity contribution < 1.29 is 0 Å². The third-order valence-electron chi connectivity index (χ3n) is 10.5. The Bertz CT molecular complexity index is 2910. The van der Waals surface area contributed by atoms with Gasteiger partial charge in [-0.1, -0.05) is 158 Å². The van der Waals surface area contributed by atoms with Crippen molar-refractivity contribution in [1.29, 1.82) is 0 Å². The Morgan fingerprint density at radius 3 is 1.56 bits per heavy atom. The lowest BCUT2D eigenvalue weighted by atomic mass is 9.91. The molecule has 10 aromatic rings. The predicted molar refractivity (Wildman–Crippen MR) is 233 cm³/mol. The van der Waals surface area contributed by atoms with E-state index in [0.717, 1.165) is 11.4 Å². The molecule has 0 aliphatic carbocycles. The highest BCUT2D eigenvalue weighted by molar-refractivity contribution is 7.26. The fourth-order valence-corrected chi connectivity index (χ4v) is 8.99. The molecule has 0 amide bonds.